The van der Waals surface area contributed by atoms with E-state index in [0.717, 1.165) is 11.4 Å². The van der Waals surface area contributed by atoms with Crippen molar-refractivity contribution in [1.29, 1.82) is 0 Å². The first-order valence-corrected chi connectivity index (χ1v) is 6.39. The minimum Gasteiger partial charge on any atom is -0.478 e. The van der Waals surface area contributed by atoms with Gasteiger partial charge in [-0.1, -0.05) is 6.07 Å². The summed E-state index contributed by atoms with van der Waals surface area (Å²) in [5, 5.41) is 11.6. The van der Waals surface area contributed by atoms with Crippen LogP contribution in [-0.4, -0.2) is 27.0 Å². The molecule has 1 amide bonds. The Morgan fingerprint density at radius 1 is 1.14 bits per heavy atom. The zero-order chi connectivity index (χ0) is 15.4. The number of hydrogen-bond donors (Lipinski definition) is 2. The molecule has 0 radical (unpaired) electrons. The van der Waals surface area contributed by atoms with Crippen molar-refractivity contribution in [3.8, 4) is 0 Å². The quantitative estimate of drug-likeness (QED) is 0.892. The van der Waals surface area contributed by atoms with Gasteiger partial charge in [-0.2, -0.15) is 0 Å². The topological polar surface area (TPSA) is 92.2 Å². The summed E-state index contributed by atoms with van der Waals surface area (Å²) >= 11 is 0. The second kappa shape index (κ2) is 6.13. The van der Waals surface area contributed by atoms with E-state index in [1.54, 1.807) is 6.92 Å². The fraction of sp³-hybridized carbons (Fsp3) is 0.200. The summed E-state index contributed by atoms with van der Waals surface area (Å²) in [6.45, 7) is 3.73. The van der Waals surface area contributed by atoms with Crippen LogP contribution in [0.25, 0.3) is 0 Å². The number of rotatable bonds is 4. The van der Waals surface area contributed by atoms with Crippen molar-refractivity contribution in [2.24, 2.45) is 0 Å². The number of nitrogens with one attached hydrogen (secondary N) is 1. The fourth-order valence-corrected chi connectivity index (χ4v) is 1.87. The molecule has 0 aliphatic heterocycles. The number of carboxylic acids is 1. The largest absolute Gasteiger partial charge is 0.478 e. The highest BCUT2D eigenvalue weighted by Crippen LogP contribution is 2.07. The summed E-state index contributed by atoms with van der Waals surface area (Å²) in [5.41, 5.74) is 2.21. The molecular formula is C15H15N3O3. The molecule has 21 heavy (non-hydrogen) atoms. The molecule has 2 aromatic rings. The summed E-state index contributed by atoms with van der Waals surface area (Å²) in [6.07, 6.45) is 0. The number of aromatic nitrogens is 2. The van der Waals surface area contributed by atoms with Crippen molar-refractivity contribution in [1.82, 2.24) is 15.3 Å². The standard InChI is InChI=1S/C15H15N3O3/c1-9-4-3-5-11(17-9)8-16-14(19)13-7-6-12(15(20)21)10(2)18-13/h3-7H,8H2,1-2H3,(H,16,19)(H,20,21). The van der Waals surface area contributed by atoms with Gasteiger partial charge in [-0.05, 0) is 38.1 Å². The highest BCUT2D eigenvalue weighted by atomic mass is 16.4. The Morgan fingerprint density at radius 3 is 2.52 bits per heavy atom. The molecule has 0 fully saturated rings. The van der Waals surface area contributed by atoms with Crippen molar-refractivity contribution >= 4 is 11.9 Å². The van der Waals surface area contributed by atoms with Crippen molar-refractivity contribution in [2.45, 2.75) is 20.4 Å². The molecule has 0 saturated heterocycles. The molecule has 0 aromatic carbocycles. The van der Waals surface area contributed by atoms with Gasteiger partial charge in [0.05, 0.1) is 23.5 Å². The molecule has 2 rings (SSSR count). The van der Waals surface area contributed by atoms with E-state index in [4.69, 9.17) is 5.11 Å². The Kier molecular flexibility index (Phi) is 4.27. The minimum atomic E-state index is -1.06. The van der Waals surface area contributed by atoms with Gasteiger partial charge in [0.15, 0.2) is 0 Å². The normalized spacial score (nSPS) is 10.2. The van der Waals surface area contributed by atoms with Crippen LogP contribution in [0.15, 0.2) is 30.3 Å². The number of nitrogens with zero attached hydrogens (tertiary/aromatic N) is 2. The van der Waals surface area contributed by atoms with Gasteiger partial charge in [0.2, 0.25) is 0 Å². The van der Waals surface area contributed by atoms with Crippen LogP contribution >= 0.6 is 0 Å². The molecule has 0 atom stereocenters. The summed E-state index contributed by atoms with van der Waals surface area (Å²) in [4.78, 5) is 31.2. The van der Waals surface area contributed by atoms with E-state index in [1.165, 1.54) is 12.1 Å². The average molecular weight is 285 g/mol. The number of amides is 1. The molecular weight excluding hydrogens is 270 g/mol. The molecule has 2 heterocycles. The van der Waals surface area contributed by atoms with Gasteiger partial charge in [0.25, 0.3) is 5.91 Å². The number of aromatic carboxylic acids is 1. The first kappa shape index (κ1) is 14.6. The molecule has 2 N–H and O–H groups in total. The van der Waals surface area contributed by atoms with Crippen LogP contribution in [0.3, 0.4) is 0 Å². The van der Waals surface area contributed by atoms with Gasteiger partial charge in [0.1, 0.15) is 5.69 Å². The van der Waals surface area contributed by atoms with Gasteiger partial charge >= 0.3 is 5.97 Å². The fourth-order valence-electron chi connectivity index (χ4n) is 1.87. The third kappa shape index (κ3) is 3.62. The summed E-state index contributed by atoms with van der Waals surface area (Å²) < 4.78 is 0. The van der Waals surface area contributed by atoms with Crippen LogP contribution in [0.4, 0.5) is 0 Å². The van der Waals surface area contributed by atoms with Crippen molar-refractivity contribution in [2.75, 3.05) is 0 Å². The first-order chi connectivity index (χ1) is 9.97. The van der Waals surface area contributed by atoms with Gasteiger partial charge in [-0.25, -0.2) is 9.78 Å². The van der Waals surface area contributed by atoms with Crippen LogP contribution in [0.5, 0.6) is 0 Å². The Bertz CT molecular complexity index is 698. The smallest absolute Gasteiger partial charge is 0.337 e. The number of aryl methyl sites for hydroxylation is 2. The van der Waals surface area contributed by atoms with Gasteiger partial charge in [0, 0.05) is 5.69 Å². The highest BCUT2D eigenvalue weighted by Gasteiger charge is 2.13. The summed E-state index contributed by atoms with van der Waals surface area (Å²) in [5.74, 6) is -1.42. The molecule has 0 aliphatic carbocycles. The molecule has 0 spiro atoms. The van der Waals surface area contributed by atoms with E-state index in [0.29, 0.717) is 12.2 Å². The second-order valence-corrected chi connectivity index (χ2v) is 4.59. The number of pyridine rings is 2. The second-order valence-electron chi connectivity index (χ2n) is 4.59. The molecule has 2 aromatic heterocycles. The maximum Gasteiger partial charge on any atom is 0.337 e. The highest BCUT2D eigenvalue weighted by molar-refractivity contribution is 5.94. The van der Waals surface area contributed by atoms with E-state index in [1.807, 2.05) is 25.1 Å². The summed E-state index contributed by atoms with van der Waals surface area (Å²) in [7, 11) is 0. The first-order valence-electron chi connectivity index (χ1n) is 6.39. The predicted octanol–water partition coefficient (Wildman–Crippen LogP) is 1.72. The zero-order valence-corrected chi connectivity index (χ0v) is 11.8. The van der Waals surface area contributed by atoms with Crippen LogP contribution in [0, 0.1) is 13.8 Å². The average Bonchev–Trinajstić information content (AvgIpc) is 2.44. The van der Waals surface area contributed by atoms with Crippen molar-refractivity contribution < 1.29 is 14.7 Å². The Labute approximate surface area is 121 Å². The van der Waals surface area contributed by atoms with Crippen molar-refractivity contribution in [3.05, 3.63) is 58.7 Å². The van der Waals surface area contributed by atoms with Gasteiger partial charge in [-0.15, -0.1) is 0 Å². The van der Waals surface area contributed by atoms with Gasteiger partial charge < -0.3 is 10.4 Å². The third-order valence-electron chi connectivity index (χ3n) is 2.92. The number of carboxylic acid groups (broad SMARTS) is 1. The van der Waals surface area contributed by atoms with E-state index >= 15 is 0 Å². The third-order valence-corrected chi connectivity index (χ3v) is 2.92. The lowest BCUT2D eigenvalue weighted by Crippen LogP contribution is -2.25. The van der Waals surface area contributed by atoms with Crippen LogP contribution in [0.2, 0.25) is 0 Å². The zero-order valence-electron chi connectivity index (χ0n) is 11.8. The molecule has 6 heteroatoms. The molecule has 6 nitrogen and oxygen atoms in total. The molecule has 0 saturated carbocycles. The Morgan fingerprint density at radius 2 is 1.90 bits per heavy atom. The minimum absolute atomic E-state index is 0.0897. The number of hydrogen-bond acceptors (Lipinski definition) is 4. The Balaban J connectivity index is 2.07. The lowest BCUT2D eigenvalue weighted by Gasteiger charge is -2.06. The maximum atomic E-state index is 12.0. The maximum absolute atomic E-state index is 12.0. The number of carbonyl (C=O) groups excluding carboxylic acids is 1. The van der Waals surface area contributed by atoms with E-state index in [2.05, 4.69) is 15.3 Å². The SMILES string of the molecule is Cc1cccc(CNC(=O)c2ccc(C(=O)O)c(C)n2)n1. The Hall–Kier alpha value is -2.76. The van der Waals surface area contributed by atoms with Gasteiger partial charge in [-0.3, -0.25) is 9.78 Å². The monoisotopic (exact) mass is 285 g/mol. The van der Waals surface area contributed by atoms with Crippen LogP contribution in [0.1, 0.15) is 37.9 Å². The lowest BCUT2D eigenvalue weighted by molar-refractivity contribution is 0.0694. The molecule has 0 aliphatic rings. The summed E-state index contributed by atoms with van der Waals surface area (Å²) in [6, 6.07) is 8.34. The van der Waals surface area contributed by atoms with E-state index in [9.17, 15) is 9.59 Å². The molecule has 0 bridgehead atoms. The van der Waals surface area contributed by atoms with Crippen LogP contribution < -0.4 is 5.32 Å². The molecule has 108 valence electrons. The van der Waals surface area contributed by atoms with Crippen LogP contribution in [-0.2, 0) is 6.54 Å². The van der Waals surface area contributed by atoms with E-state index < -0.39 is 5.97 Å². The molecule has 0 unspecified atom stereocenters. The number of carbonyl (C=O) groups is 2. The van der Waals surface area contributed by atoms with E-state index in [-0.39, 0.29) is 17.2 Å². The predicted molar refractivity (Wildman–Crippen MR) is 76.1 cm³/mol. The lowest BCUT2D eigenvalue weighted by atomic mass is 10.2. The van der Waals surface area contributed by atoms with Crippen molar-refractivity contribution in [3.63, 3.8) is 0 Å².